The number of piperidine rings is 1. The third kappa shape index (κ3) is 1.87. The fourth-order valence-electron chi connectivity index (χ4n) is 3.94. The predicted octanol–water partition coefficient (Wildman–Crippen LogP) is 3.21. The number of carbonyl (C=O) groups is 1. The van der Waals surface area contributed by atoms with Gasteiger partial charge in [0.05, 0.1) is 0 Å². The molecule has 2 atom stereocenters. The Bertz CT molecular complexity index is 294. The summed E-state index contributed by atoms with van der Waals surface area (Å²) >= 11 is 0. The van der Waals surface area contributed by atoms with Crippen LogP contribution in [0.2, 0.25) is 0 Å². The number of rotatable bonds is 3. The van der Waals surface area contributed by atoms with E-state index in [1.165, 1.54) is 12.8 Å². The Hall–Kier alpha value is -0.530. The molecule has 16 heavy (non-hydrogen) atoms. The predicted molar refractivity (Wildman–Crippen MR) is 66.1 cm³/mol. The maximum atomic E-state index is 12.2. The molecular weight excluding hydrogens is 198 g/mol. The van der Waals surface area contributed by atoms with Crippen LogP contribution in [0.1, 0.15) is 59.8 Å². The number of hydrogen-bond donors (Lipinski definition) is 0. The van der Waals surface area contributed by atoms with Gasteiger partial charge in [-0.15, -0.1) is 0 Å². The highest BCUT2D eigenvalue weighted by Gasteiger charge is 2.56. The standard InChI is InChI=1S/C14H25NO/c1-5-6-7-12(16)15-10-14(4)8-11(15)13(2,3)9-14/h11H,5-10H2,1-4H3/t11-,14+/m1/s1. The van der Waals surface area contributed by atoms with Gasteiger partial charge in [0.1, 0.15) is 0 Å². The average Bonchev–Trinajstić information content (AvgIpc) is 2.62. The summed E-state index contributed by atoms with van der Waals surface area (Å²) in [6, 6.07) is 0.502. The molecule has 0 aromatic rings. The molecule has 92 valence electrons. The third-order valence-corrected chi connectivity index (χ3v) is 4.46. The van der Waals surface area contributed by atoms with Crippen LogP contribution in [0, 0.1) is 10.8 Å². The highest BCUT2D eigenvalue weighted by atomic mass is 16.2. The first-order valence-electron chi connectivity index (χ1n) is 6.67. The van der Waals surface area contributed by atoms with E-state index in [-0.39, 0.29) is 0 Å². The highest BCUT2D eigenvalue weighted by Crippen LogP contribution is 2.56. The van der Waals surface area contributed by atoms with Crippen LogP contribution in [0.4, 0.5) is 0 Å². The number of fused-ring (bicyclic) bond motifs is 2. The van der Waals surface area contributed by atoms with Crippen molar-refractivity contribution in [1.82, 2.24) is 4.90 Å². The van der Waals surface area contributed by atoms with Crippen LogP contribution in [-0.2, 0) is 4.79 Å². The zero-order valence-electron chi connectivity index (χ0n) is 11.2. The van der Waals surface area contributed by atoms with Gasteiger partial charge in [0.15, 0.2) is 0 Å². The molecule has 2 fully saturated rings. The van der Waals surface area contributed by atoms with E-state index in [0.717, 1.165) is 25.8 Å². The molecule has 1 saturated carbocycles. The molecule has 2 rings (SSSR count). The van der Waals surface area contributed by atoms with Crippen LogP contribution in [-0.4, -0.2) is 23.4 Å². The van der Waals surface area contributed by atoms with E-state index in [2.05, 4.69) is 32.6 Å². The molecule has 0 N–H and O–H groups in total. The second kappa shape index (κ2) is 3.75. The first-order chi connectivity index (χ1) is 7.38. The van der Waals surface area contributed by atoms with Crippen molar-refractivity contribution in [1.29, 1.82) is 0 Å². The van der Waals surface area contributed by atoms with Crippen molar-refractivity contribution in [2.45, 2.75) is 65.8 Å². The smallest absolute Gasteiger partial charge is 0.222 e. The summed E-state index contributed by atoms with van der Waals surface area (Å²) in [5, 5.41) is 0. The van der Waals surface area contributed by atoms with E-state index >= 15 is 0 Å². The Morgan fingerprint density at radius 1 is 1.38 bits per heavy atom. The number of hydrogen-bond acceptors (Lipinski definition) is 1. The minimum atomic E-state index is 0.328. The summed E-state index contributed by atoms with van der Waals surface area (Å²) in [6.07, 6.45) is 5.41. The number of carbonyl (C=O) groups excluding carboxylic acids is 1. The summed E-state index contributed by atoms with van der Waals surface area (Å²) in [5.41, 5.74) is 0.727. The minimum absolute atomic E-state index is 0.328. The van der Waals surface area contributed by atoms with E-state index < -0.39 is 0 Å². The van der Waals surface area contributed by atoms with Gasteiger partial charge in [-0.2, -0.15) is 0 Å². The molecule has 1 aliphatic heterocycles. The van der Waals surface area contributed by atoms with Crippen LogP contribution >= 0.6 is 0 Å². The van der Waals surface area contributed by atoms with Gasteiger partial charge in [0, 0.05) is 19.0 Å². The molecular formula is C14H25NO. The minimum Gasteiger partial charge on any atom is -0.339 e. The SMILES string of the molecule is CCCCC(=O)N1C[C@@]2(C)C[C@@H]1C(C)(C)C2. The monoisotopic (exact) mass is 223 g/mol. The van der Waals surface area contributed by atoms with Crippen molar-refractivity contribution >= 4 is 5.91 Å². The molecule has 0 aromatic heterocycles. The van der Waals surface area contributed by atoms with Crippen LogP contribution < -0.4 is 0 Å². The maximum absolute atomic E-state index is 12.2. The van der Waals surface area contributed by atoms with Gasteiger partial charge in [0.25, 0.3) is 0 Å². The Kier molecular flexibility index (Phi) is 2.80. The van der Waals surface area contributed by atoms with Crippen LogP contribution in [0.3, 0.4) is 0 Å². The molecule has 2 aliphatic rings. The van der Waals surface area contributed by atoms with Crippen LogP contribution in [0.25, 0.3) is 0 Å². The largest absolute Gasteiger partial charge is 0.339 e. The normalized spacial score (nSPS) is 35.8. The Morgan fingerprint density at radius 2 is 2.06 bits per heavy atom. The lowest BCUT2D eigenvalue weighted by atomic mass is 9.79. The van der Waals surface area contributed by atoms with Gasteiger partial charge < -0.3 is 4.90 Å². The number of nitrogens with zero attached hydrogens (tertiary/aromatic N) is 1. The second-order valence-electron chi connectivity index (χ2n) is 6.82. The lowest BCUT2D eigenvalue weighted by molar-refractivity contribution is -0.136. The lowest BCUT2D eigenvalue weighted by Crippen LogP contribution is -2.47. The molecule has 0 aromatic carbocycles. The Labute approximate surface area is 99.4 Å². The molecule has 2 bridgehead atoms. The molecule has 2 heteroatoms. The van der Waals surface area contributed by atoms with E-state index in [9.17, 15) is 4.79 Å². The Morgan fingerprint density at radius 3 is 2.56 bits per heavy atom. The van der Waals surface area contributed by atoms with Gasteiger partial charge >= 0.3 is 0 Å². The van der Waals surface area contributed by atoms with Crippen molar-refractivity contribution in [3.05, 3.63) is 0 Å². The van der Waals surface area contributed by atoms with Crippen LogP contribution in [0.5, 0.6) is 0 Å². The molecule has 2 nitrogen and oxygen atoms in total. The van der Waals surface area contributed by atoms with Gasteiger partial charge in [-0.25, -0.2) is 0 Å². The first-order valence-corrected chi connectivity index (χ1v) is 6.67. The van der Waals surface area contributed by atoms with Crippen molar-refractivity contribution in [2.24, 2.45) is 10.8 Å². The fraction of sp³-hybridized carbons (Fsp3) is 0.929. The van der Waals surface area contributed by atoms with Crippen molar-refractivity contribution in [3.63, 3.8) is 0 Å². The molecule has 1 aliphatic carbocycles. The second-order valence-corrected chi connectivity index (χ2v) is 6.82. The first kappa shape index (κ1) is 11.9. The zero-order chi connectivity index (χ0) is 12.0. The van der Waals surface area contributed by atoms with E-state index in [1.807, 2.05) is 0 Å². The van der Waals surface area contributed by atoms with Gasteiger partial charge in [-0.1, -0.05) is 34.1 Å². The number of amides is 1. The summed E-state index contributed by atoms with van der Waals surface area (Å²) < 4.78 is 0. The van der Waals surface area contributed by atoms with Crippen LogP contribution in [0.15, 0.2) is 0 Å². The third-order valence-electron chi connectivity index (χ3n) is 4.46. The quantitative estimate of drug-likeness (QED) is 0.719. The van der Waals surface area contributed by atoms with E-state index in [1.54, 1.807) is 0 Å². The van der Waals surface area contributed by atoms with Crippen molar-refractivity contribution in [3.8, 4) is 0 Å². The molecule has 0 radical (unpaired) electrons. The summed E-state index contributed by atoms with van der Waals surface area (Å²) in [6.45, 7) is 10.1. The van der Waals surface area contributed by atoms with E-state index in [4.69, 9.17) is 0 Å². The average molecular weight is 223 g/mol. The zero-order valence-corrected chi connectivity index (χ0v) is 11.2. The summed E-state index contributed by atoms with van der Waals surface area (Å²) in [7, 11) is 0. The Balaban J connectivity index is 2.06. The molecule has 1 heterocycles. The summed E-state index contributed by atoms with van der Waals surface area (Å²) in [4.78, 5) is 14.3. The van der Waals surface area contributed by atoms with Crippen molar-refractivity contribution in [2.75, 3.05) is 6.54 Å². The number of likely N-dealkylation sites (tertiary alicyclic amines) is 1. The lowest BCUT2D eigenvalue weighted by Gasteiger charge is -2.41. The molecule has 0 spiro atoms. The van der Waals surface area contributed by atoms with Gasteiger partial charge in [0.2, 0.25) is 5.91 Å². The molecule has 1 amide bonds. The van der Waals surface area contributed by atoms with Gasteiger partial charge in [-0.05, 0) is 30.1 Å². The number of unbranched alkanes of at least 4 members (excludes halogenated alkanes) is 1. The maximum Gasteiger partial charge on any atom is 0.222 e. The molecule has 1 saturated heterocycles. The summed E-state index contributed by atoms with van der Waals surface area (Å²) in [5.74, 6) is 0.392. The highest BCUT2D eigenvalue weighted by molar-refractivity contribution is 5.77. The fourth-order valence-corrected chi connectivity index (χ4v) is 3.94. The topological polar surface area (TPSA) is 20.3 Å². The van der Waals surface area contributed by atoms with E-state index in [0.29, 0.717) is 22.8 Å². The molecule has 0 unspecified atom stereocenters. The van der Waals surface area contributed by atoms with Crippen molar-refractivity contribution < 1.29 is 4.79 Å². The van der Waals surface area contributed by atoms with Gasteiger partial charge in [-0.3, -0.25) is 4.79 Å².